The van der Waals surface area contributed by atoms with E-state index in [1.807, 2.05) is 13.8 Å². The van der Waals surface area contributed by atoms with Crippen LogP contribution in [0.4, 0.5) is 13.2 Å². The van der Waals surface area contributed by atoms with Crippen LogP contribution in [0, 0.1) is 17.8 Å². The van der Waals surface area contributed by atoms with E-state index in [1.165, 1.54) is 10.4 Å². The van der Waals surface area contributed by atoms with Gasteiger partial charge in [-0.15, -0.1) is 0 Å². The van der Waals surface area contributed by atoms with Gasteiger partial charge in [-0.25, -0.2) is 8.42 Å². The van der Waals surface area contributed by atoms with Crippen molar-refractivity contribution in [1.82, 2.24) is 9.62 Å². The fourth-order valence-electron chi connectivity index (χ4n) is 4.49. The number of carbonyl (C=O) groups excluding carboxylic acids is 1. The van der Waals surface area contributed by atoms with Crippen LogP contribution in [-0.2, 0) is 21.0 Å². The average Bonchev–Trinajstić information content (AvgIpc) is 3.23. The zero-order valence-corrected chi connectivity index (χ0v) is 17.8. The van der Waals surface area contributed by atoms with Gasteiger partial charge < -0.3 is 11.1 Å². The van der Waals surface area contributed by atoms with Crippen molar-refractivity contribution in [1.29, 1.82) is 0 Å². The topological polar surface area (TPSA) is 92.5 Å². The Morgan fingerprint density at radius 2 is 1.97 bits per heavy atom. The zero-order valence-electron chi connectivity index (χ0n) is 17.0. The summed E-state index contributed by atoms with van der Waals surface area (Å²) in [5, 5.41) is 2.96. The lowest BCUT2D eigenvalue weighted by molar-refractivity contribution is -0.137. The van der Waals surface area contributed by atoms with Crippen molar-refractivity contribution in [3.8, 4) is 0 Å². The Morgan fingerprint density at radius 3 is 2.60 bits per heavy atom. The molecule has 0 spiro atoms. The van der Waals surface area contributed by atoms with Crippen LogP contribution in [0.5, 0.6) is 0 Å². The van der Waals surface area contributed by atoms with E-state index < -0.39 is 27.8 Å². The Hall–Kier alpha value is -1.65. The third-order valence-corrected chi connectivity index (χ3v) is 7.84. The summed E-state index contributed by atoms with van der Waals surface area (Å²) >= 11 is 0. The van der Waals surface area contributed by atoms with Crippen LogP contribution in [0.25, 0.3) is 0 Å². The first-order valence-electron chi connectivity index (χ1n) is 10.1. The van der Waals surface area contributed by atoms with Crippen LogP contribution in [0.1, 0.15) is 38.7 Å². The molecular weight excluding hydrogens is 419 g/mol. The van der Waals surface area contributed by atoms with E-state index in [9.17, 15) is 26.4 Å². The Morgan fingerprint density at radius 1 is 1.27 bits per heavy atom. The Bertz CT molecular complexity index is 889. The molecule has 2 fully saturated rings. The molecule has 1 heterocycles. The first kappa shape index (κ1) is 23.0. The van der Waals surface area contributed by atoms with E-state index in [1.54, 1.807) is 0 Å². The van der Waals surface area contributed by atoms with E-state index in [0.717, 1.165) is 25.0 Å². The van der Waals surface area contributed by atoms with E-state index in [2.05, 4.69) is 5.32 Å². The summed E-state index contributed by atoms with van der Waals surface area (Å²) in [6.07, 6.45) is -2.56. The van der Waals surface area contributed by atoms with Crippen LogP contribution in [-0.4, -0.2) is 43.8 Å². The molecule has 10 heteroatoms. The number of halogens is 3. The summed E-state index contributed by atoms with van der Waals surface area (Å²) in [6, 6.07) is 3.02. The summed E-state index contributed by atoms with van der Waals surface area (Å²) in [4.78, 5) is 12.0. The molecule has 1 saturated heterocycles. The molecule has 3 N–H and O–H groups in total. The number of nitrogens with two attached hydrogens (primary N) is 1. The fraction of sp³-hybridized carbons (Fsp3) is 0.650. The van der Waals surface area contributed by atoms with E-state index in [0.29, 0.717) is 12.5 Å². The molecule has 0 radical (unpaired) electrons. The van der Waals surface area contributed by atoms with Gasteiger partial charge in [-0.3, -0.25) is 4.79 Å². The van der Waals surface area contributed by atoms with Gasteiger partial charge in [0.15, 0.2) is 0 Å². The van der Waals surface area contributed by atoms with Crippen molar-refractivity contribution in [3.05, 3.63) is 29.8 Å². The van der Waals surface area contributed by atoms with Crippen molar-refractivity contribution >= 4 is 15.9 Å². The molecule has 1 aliphatic heterocycles. The highest BCUT2D eigenvalue weighted by Gasteiger charge is 2.47. The molecule has 1 aromatic rings. The number of alkyl halides is 3. The molecule has 168 valence electrons. The lowest BCUT2D eigenvalue weighted by Crippen LogP contribution is -2.48. The highest BCUT2D eigenvalue weighted by atomic mass is 32.2. The predicted molar refractivity (Wildman–Crippen MR) is 106 cm³/mol. The summed E-state index contributed by atoms with van der Waals surface area (Å²) in [7, 11) is -4.05. The van der Waals surface area contributed by atoms with Crippen molar-refractivity contribution in [2.45, 2.75) is 56.3 Å². The number of fused-ring (bicyclic) bond motifs is 1. The maximum Gasteiger partial charge on any atom is 0.416 e. The van der Waals surface area contributed by atoms with Gasteiger partial charge in [0.25, 0.3) is 0 Å². The van der Waals surface area contributed by atoms with Crippen molar-refractivity contribution < 1.29 is 26.4 Å². The molecule has 1 amide bonds. The molecule has 1 saturated carbocycles. The molecule has 1 aliphatic carbocycles. The third kappa shape index (κ3) is 4.81. The number of amides is 1. The minimum absolute atomic E-state index is 0.0668. The Labute approximate surface area is 175 Å². The number of sulfonamides is 1. The molecule has 2 aliphatic rings. The summed E-state index contributed by atoms with van der Waals surface area (Å²) < 4.78 is 66.1. The van der Waals surface area contributed by atoms with Gasteiger partial charge in [0.05, 0.1) is 16.5 Å². The number of carbonyl (C=O) groups is 1. The van der Waals surface area contributed by atoms with Crippen LogP contribution < -0.4 is 11.1 Å². The largest absolute Gasteiger partial charge is 0.416 e. The number of hydrogen-bond donors (Lipinski definition) is 2. The highest BCUT2D eigenvalue weighted by Crippen LogP contribution is 2.40. The van der Waals surface area contributed by atoms with Gasteiger partial charge in [0.1, 0.15) is 0 Å². The third-order valence-electron chi connectivity index (χ3n) is 6.01. The Kier molecular flexibility index (Phi) is 6.50. The fourth-order valence-corrected chi connectivity index (χ4v) is 6.07. The second kappa shape index (κ2) is 8.47. The van der Waals surface area contributed by atoms with Crippen LogP contribution in [0.2, 0.25) is 0 Å². The van der Waals surface area contributed by atoms with E-state index in [4.69, 9.17) is 5.73 Å². The zero-order chi connectivity index (χ0) is 22.3. The standard InChI is InChI=1S/C20H28F3N3O3S/c1-12(2)8-17(24)19(27)25-18-7-6-13-10-26(11-16(13)18)30(28,29)15-5-3-4-14(9-15)20(21,22)23/h3-5,9,12-13,16-18H,6-8,10-11,24H2,1-2H3,(H,25,27)/t13-,16?,17?,18?/m0/s1. The molecule has 3 unspecified atom stereocenters. The second-order valence-corrected chi connectivity index (χ2v) is 10.6. The molecule has 4 atom stereocenters. The minimum atomic E-state index is -4.61. The summed E-state index contributed by atoms with van der Waals surface area (Å²) in [6.45, 7) is 4.37. The van der Waals surface area contributed by atoms with Gasteiger partial charge in [-0.1, -0.05) is 19.9 Å². The van der Waals surface area contributed by atoms with Gasteiger partial charge in [0.2, 0.25) is 15.9 Å². The number of nitrogens with zero attached hydrogens (tertiary/aromatic N) is 1. The molecule has 0 aromatic heterocycles. The normalized spacial score (nSPS) is 26.0. The van der Waals surface area contributed by atoms with Gasteiger partial charge in [-0.05, 0) is 55.2 Å². The van der Waals surface area contributed by atoms with Crippen LogP contribution >= 0.6 is 0 Å². The average molecular weight is 448 g/mol. The number of benzene rings is 1. The minimum Gasteiger partial charge on any atom is -0.352 e. The number of rotatable bonds is 6. The maximum absolute atomic E-state index is 13.0. The Balaban J connectivity index is 1.71. The van der Waals surface area contributed by atoms with E-state index >= 15 is 0 Å². The first-order valence-corrected chi connectivity index (χ1v) is 11.6. The van der Waals surface area contributed by atoms with Crippen LogP contribution in [0.15, 0.2) is 29.2 Å². The molecule has 3 rings (SSSR count). The molecular formula is C20H28F3N3O3S. The maximum atomic E-state index is 13.0. The molecule has 0 bridgehead atoms. The molecule has 6 nitrogen and oxygen atoms in total. The number of nitrogens with one attached hydrogen (secondary N) is 1. The van der Waals surface area contributed by atoms with E-state index in [-0.39, 0.29) is 47.7 Å². The van der Waals surface area contributed by atoms with Gasteiger partial charge in [0, 0.05) is 19.1 Å². The predicted octanol–water partition coefficient (Wildman–Crippen LogP) is 2.59. The van der Waals surface area contributed by atoms with Gasteiger partial charge in [-0.2, -0.15) is 17.5 Å². The lowest BCUT2D eigenvalue weighted by Gasteiger charge is -2.24. The van der Waals surface area contributed by atoms with Gasteiger partial charge >= 0.3 is 6.18 Å². The number of hydrogen-bond acceptors (Lipinski definition) is 4. The van der Waals surface area contributed by atoms with Crippen molar-refractivity contribution in [2.75, 3.05) is 13.1 Å². The quantitative estimate of drug-likeness (QED) is 0.701. The summed E-state index contributed by atoms with van der Waals surface area (Å²) in [5.74, 6) is 0.0353. The highest BCUT2D eigenvalue weighted by molar-refractivity contribution is 7.89. The molecule has 30 heavy (non-hydrogen) atoms. The lowest BCUT2D eigenvalue weighted by atomic mass is 9.97. The molecule has 1 aromatic carbocycles. The SMILES string of the molecule is CC(C)CC(N)C(=O)NC1CC[C@H]2CN(S(=O)(=O)c3cccc(C(F)(F)F)c3)CC12. The monoisotopic (exact) mass is 447 g/mol. The smallest absolute Gasteiger partial charge is 0.352 e. The van der Waals surface area contributed by atoms with Crippen molar-refractivity contribution in [3.63, 3.8) is 0 Å². The summed E-state index contributed by atoms with van der Waals surface area (Å²) in [5.41, 5.74) is 4.95. The van der Waals surface area contributed by atoms with Crippen LogP contribution in [0.3, 0.4) is 0 Å². The first-order chi connectivity index (χ1) is 13.9. The van der Waals surface area contributed by atoms with Crippen molar-refractivity contribution in [2.24, 2.45) is 23.5 Å². The second-order valence-electron chi connectivity index (χ2n) is 8.70.